The topological polar surface area (TPSA) is 149 Å². The van der Waals surface area contributed by atoms with Crippen molar-refractivity contribution >= 4 is 5.91 Å². The van der Waals surface area contributed by atoms with Crippen molar-refractivity contribution in [2.24, 2.45) is 0 Å². The number of carbonyl (C=O) groups excluding carboxylic acids is 1. The third-order valence-electron chi connectivity index (χ3n) is 20.1. The van der Waals surface area contributed by atoms with Crippen molar-refractivity contribution < 1.29 is 39.8 Å². The Morgan fingerprint density at radius 2 is 0.653 bits per heavy atom. The van der Waals surface area contributed by atoms with Crippen LogP contribution in [0.5, 0.6) is 0 Å². The minimum atomic E-state index is -1.57. The summed E-state index contributed by atoms with van der Waals surface area (Å²) < 4.78 is 11.4. The summed E-state index contributed by atoms with van der Waals surface area (Å²) in [5, 5.41) is 55.0. The molecule has 558 valence electrons. The summed E-state index contributed by atoms with van der Waals surface area (Å²) >= 11 is 0. The lowest BCUT2D eigenvalue weighted by atomic mass is 9.99. The van der Waals surface area contributed by atoms with Crippen molar-refractivity contribution in [2.45, 2.75) is 468 Å². The van der Waals surface area contributed by atoms with Gasteiger partial charge in [-0.1, -0.05) is 421 Å². The maximum absolute atomic E-state index is 13.2. The average Bonchev–Trinajstić information content (AvgIpc) is 0.836. The molecule has 0 saturated carbocycles. The van der Waals surface area contributed by atoms with E-state index < -0.39 is 49.5 Å². The van der Waals surface area contributed by atoms with Crippen molar-refractivity contribution in [3.8, 4) is 0 Å². The fourth-order valence-corrected chi connectivity index (χ4v) is 13.6. The molecule has 1 aliphatic heterocycles. The molecule has 0 aromatic carbocycles. The second kappa shape index (κ2) is 74.6. The van der Waals surface area contributed by atoms with Gasteiger partial charge >= 0.3 is 0 Å². The van der Waals surface area contributed by atoms with Gasteiger partial charge in [0.15, 0.2) is 6.29 Å². The fourth-order valence-electron chi connectivity index (χ4n) is 13.6. The first-order chi connectivity index (χ1) is 46.8. The number of amides is 1. The van der Waals surface area contributed by atoms with Gasteiger partial charge in [-0.25, -0.2) is 0 Å². The Hall–Kier alpha value is -2.11. The zero-order valence-electron chi connectivity index (χ0n) is 62.9. The molecule has 1 heterocycles. The van der Waals surface area contributed by atoms with Gasteiger partial charge in [0.2, 0.25) is 5.91 Å². The minimum Gasteiger partial charge on any atom is -0.394 e. The molecule has 1 aliphatic rings. The number of aliphatic hydroxyl groups excluding tert-OH is 5. The fraction of sp³-hybridized carbons (Fsp3) is 0.872. The molecule has 0 aromatic rings. The summed E-state index contributed by atoms with van der Waals surface area (Å²) in [5.41, 5.74) is 0. The zero-order valence-corrected chi connectivity index (χ0v) is 62.9. The second-order valence-electron chi connectivity index (χ2n) is 29.3. The van der Waals surface area contributed by atoms with Gasteiger partial charge in [0.25, 0.3) is 0 Å². The normalized spacial score (nSPS) is 17.7. The largest absolute Gasteiger partial charge is 0.394 e. The number of allylic oxidation sites excluding steroid dienone is 9. The summed E-state index contributed by atoms with van der Waals surface area (Å²) in [6.07, 6.45) is 98.2. The van der Waals surface area contributed by atoms with Crippen molar-refractivity contribution in [1.29, 1.82) is 0 Å². The molecule has 0 aromatic heterocycles. The van der Waals surface area contributed by atoms with Crippen LogP contribution in [0, 0.1) is 0 Å². The monoisotopic (exact) mass is 1340 g/mol. The Balaban J connectivity index is 2.03. The molecule has 1 amide bonds. The van der Waals surface area contributed by atoms with Crippen molar-refractivity contribution in [1.82, 2.24) is 5.32 Å². The summed E-state index contributed by atoms with van der Waals surface area (Å²) in [6.45, 7) is 3.73. The van der Waals surface area contributed by atoms with Crippen LogP contribution in [0.3, 0.4) is 0 Å². The van der Waals surface area contributed by atoms with E-state index in [-0.39, 0.29) is 12.5 Å². The molecule has 7 unspecified atom stereocenters. The van der Waals surface area contributed by atoms with Gasteiger partial charge in [-0.15, -0.1) is 0 Å². The van der Waals surface area contributed by atoms with E-state index in [1.54, 1.807) is 6.08 Å². The van der Waals surface area contributed by atoms with Crippen LogP contribution < -0.4 is 5.32 Å². The molecule has 95 heavy (non-hydrogen) atoms. The van der Waals surface area contributed by atoms with Crippen LogP contribution in [-0.4, -0.2) is 87.5 Å². The van der Waals surface area contributed by atoms with E-state index in [9.17, 15) is 30.3 Å². The number of hydrogen-bond acceptors (Lipinski definition) is 8. The molecule has 0 bridgehead atoms. The molecule has 0 aliphatic carbocycles. The van der Waals surface area contributed by atoms with Gasteiger partial charge < -0.3 is 40.3 Å². The van der Waals surface area contributed by atoms with Crippen LogP contribution >= 0.6 is 0 Å². The highest BCUT2D eigenvalue weighted by atomic mass is 16.7. The number of nitrogens with one attached hydrogen (secondary N) is 1. The highest BCUT2D eigenvalue weighted by Crippen LogP contribution is 2.24. The molecule has 1 rings (SSSR count). The molecule has 1 saturated heterocycles. The van der Waals surface area contributed by atoms with E-state index in [1.807, 2.05) is 6.08 Å². The van der Waals surface area contributed by atoms with Crippen molar-refractivity contribution in [2.75, 3.05) is 13.2 Å². The number of carbonyl (C=O) groups is 1. The van der Waals surface area contributed by atoms with Crippen molar-refractivity contribution in [3.05, 3.63) is 60.8 Å². The Morgan fingerprint density at radius 3 is 0.968 bits per heavy atom. The molecule has 9 heteroatoms. The van der Waals surface area contributed by atoms with E-state index in [0.29, 0.717) is 6.42 Å². The summed E-state index contributed by atoms with van der Waals surface area (Å²) in [5.74, 6) is -0.167. The first-order valence-electron chi connectivity index (χ1n) is 42.0. The van der Waals surface area contributed by atoms with Gasteiger partial charge in [0, 0.05) is 6.42 Å². The van der Waals surface area contributed by atoms with Crippen LogP contribution in [0.2, 0.25) is 0 Å². The Kier molecular flexibility index (Phi) is 71.4. The predicted octanol–water partition coefficient (Wildman–Crippen LogP) is 24.4. The third-order valence-corrected chi connectivity index (χ3v) is 20.1. The predicted molar refractivity (Wildman–Crippen MR) is 410 cm³/mol. The van der Waals surface area contributed by atoms with Gasteiger partial charge in [-0.05, 0) is 57.8 Å². The quantitative estimate of drug-likeness (QED) is 0.0261. The smallest absolute Gasteiger partial charge is 0.220 e. The van der Waals surface area contributed by atoms with Crippen LogP contribution in [0.15, 0.2) is 60.8 Å². The van der Waals surface area contributed by atoms with Gasteiger partial charge in [0.1, 0.15) is 24.4 Å². The van der Waals surface area contributed by atoms with Crippen LogP contribution in [0.1, 0.15) is 425 Å². The Bertz CT molecular complexity index is 1700. The first-order valence-corrected chi connectivity index (χ1v) is 42.0. The minimum absolute atomic E-state index is 0.167. The summed E-state index contributed by atoms with van der Waals surface area (Å²) in [7, 11) is 0. The summed E-state index contributed by atoms with van der Waals surface area (Å²) in [4.78, 5) is 13.2. The lowest BCUT2D eigenvalue weighted by Gasteiger charge is -2.40. The van der Waals surface area contributed by atoms with E-state index in [0.717, 1.165) is 64.2 Å². The molecular formula is C86H161NO8. The highest BCUT2D eigenvalue weighted by Gasteiger charge is 2.44. The molecule has 1 fully saturated rings. The highest BCUT2D eigenvalue weighted by molar-refractivity contribution is 5.76. The van der Waals surface area contributed by atoms with Crippen LogP contribution in [-0.2, 0) is 14.3 Å². The number of ether oxygens (including phenoxy) is 2. The van der Waals surface area contributed by atoms with Crippen LogP contribution in [0.25, 0.3) is 0 Å². The number of aliphatic hydroxyl groups is 5. The molecule has 9 nitrogen and oxygen atoms in total. The average molecular weight is 1340 g/mol. The van der Waals surface area contributed by atoms with E-state index in [4.69, 9.17) is 9.47 Å². The maximum atomic E-state index is 13.2. The summed E-state index contributed by atoms with van der Waals surface area (Å²) in [6, 6.07) is -0.806. The lowest BCUT2D eigenvalue weighted by molar-refractivity contribution is -0.302. The van der Waals surface area contributed by atoms with Gasteiger partial charge in [-0.3, -0.25) is 4.79 Å². The SMILES string of the molecule is CC/C=C\C/C=C\C/C=C\C/C=C\CCCCCCCCCCCCCCCCCCCCCCCCCCCCCCC(=O)NC(COC1OC(CO)C(O)C(O)C1O)C(O)/C=C/CCCCCCCCCCCCCCCCCCCCCCCCCCCCCCC. The second-order valence-corrected chi connectivity index (χ2v) is 29.3. The zero-order chi connectivity index (χ0) is 68.5. The van der Waals surface area contributed by atoms with E-state index in [1.165, 1.54) is 340 Å². The van der Waals surface area contributed by atoms with Crippen molar-refractivity contribution in [3.63, 3.8) is 0 Å². The Labute approximate surface area is 589 Å². The van der Waals surface area contributed by atoms with Gasteiger partial charge in [0.05, 0.1) is 25.4 Å². The maximum Gasteiger partial charge on any atom is 0.220 e. The molecule has 7 atom stereocenters. The number of rotatable bonds is 75. The van der Waals surface area contributed by atoms with Gasteiger partial charge in [-0.2, -0.15) is 0 Å². The van der Waals surface area contributed by atoms with E-state index in [2.05, 4.69) is 67.8 Å². The molecule has 0 radical (unpaired) electrons. The molecule has 0 spiro atoms. The molecular weight excluding hydrogens is 1170 g/mol. The first kappa shape index (κ1) is 90.9. The molecule has 6 N–H and O–H groups in total. The lowest BCUT2D eigenvalue weighted by Crippen LogP contribution is -2.60. The van der Waals surface area contributed by atoms with E-state index >= 15 is 0 Å². The number of hydrogen-bond donors (Lipinski definition) is 6. The van der Waals surface area contributed by atoms with Crippen LogP contribution in [0.4, 0.5) is 0 Å². The number of unbranched alkanes of at least 4 members (excludes halogenated alkanes) is 57. The standard InChI is InChI=1S/C86H161NO8/c1-3-5-7-9-11-13-15-17-19-21-23-25-27-29-31-33-35-36-37-38-39-40-41-42-43-44-46-48-50-52-54-56-58-60-62-64-66-68-70-72-74-76-82(90)87-79(78-94-86-85(93)84(92)83(91)81(77-88)95-86)80(89)75-73-71-69-67-65-63-61-59-57-55-53-51-49-47-45-34-32-30-28-26-24-22-20-18-16-14-12-10-8-6-4-2/h5,7,11,13,17,19,23,25,73,75,79-81,83-86,88-89,91-93H,3-4,6,8-10,12,14-16,18,20-22,24,26-72,74,76-78H2,1-2H3,(H,87,90)/b7-5-,13-11-,19-17-,25-23-,75-73+. The Morgan fingerprint density at radius 1 is 0.368 bits per heavy atom. The third kappa shape index (κ3) is 62.6.